The van der Waals surface area contributed by atoms with Crippen LogP contribution in [0.25, 0.3) is 0 Å². The van der Waals surface area contributed by atoms with E-state index in [0.717, 1.165) is 5.56 Å². The summed E-state index contributed by atoms with van der Waals surface area (Å²) in [6, 6.07) is 8.35. The Morgan fingerprint density at radius 1 is 1.00 bits per heavy atom. The highest BCUT2D eigenvalue weighted by Crippen LogP contribution is 2.37. The zero-order valence-electron chi connectivity index (χ0n) is 10.6. The predicted octanol–water partition coefficient (Wildman–Crippen LogP) is 4.28. The van der Waals surface area contributed by atoms with Gasteiger partial charge in [-0.3, -0.25) is 0 Å². The smallest absolute Gasteiger partial charge is 0.340 e. The lowest BCUT2D eigenvalue weighted by Crippen LogP contribution is -2.12. The highest BCUT2D eigenvalue weighted by molar-refractivity contribution is 14.1. The topological polar surface area (TPSA) is 63.6 Å². The Hall–Kier alpha value is 0.180. The van der Waals surface area contributed by atoms with E-state index in [2.05, 4.69) is 0 Å². The molecule has 0 amide bonds. The maximum Gasteiger partial charge on any atom is 0.340 e. The second kappa shape index (κ2) is 6.74. The molecule has 0 saturated carbocycles. The van der Waals surface area contributed by atoms with E-state index in [4.69, 9.17) is 4.18 Å². The summed E-state index contributed by atoms with van der Waals surface area (Å²) in [5.74, 6) is -0.216. The fraction of sp³-hybridized carbons (Fsp3) is 0.0769. The molecule has 0 atom stereocenters. The highest BCUT2D eigenvalue weighted by Gasteiger charge is 2.24. The molecule has 0 spiro atoms. The predicted molar refractivity (Wildman–Crippen MR) is 105 cm³/mol. The van der Waals surface area contributed by atoms with Gasteiger partial charge in [0.15, 0.2) is 11.5 Å². The number of benzene rings is 2. The lowest BCUT2D eigenvalue weighted by molar-refractivity contribution is 0.423. The average molecular weight is 642 g/mol. The van der Waals surface area contributed by atoms with Crippen LogP contribution in [-0.2, 0) is 10.1 Å². The molecule has 0 aliphatic carbocycles. The van der Waals surface area contributed by atoms with Crippen molar-refractivity contribution >= 4 is 77.9 Å². The molecule has 2 aromatic carbocycles. The van der Waals surface area contributed by atoms with E-state index in [1.165, 1.54) is 6.07 Å². The van der Waals surface area contributed by atoms with Gasteiger partial charge in [-0.05, 0) is 105 Å². The van der Waals surface area contributed by atoms with Crippen molar-refractivity contribution in [1.29, 1.82) is 0 Å². The molecule has 0 saturated heterocycles. The minimum atomic E-state index is -4.00. The van der Waals surface area contributed by atoms with Gasteiger partial charge in [-0.2, -0.15) is 8.42 Å². The molecule has 0 bridgehead atoms. The van der Waals surface area contributed by atoms with Gasteiger partial charge in [0.2, 0.25) is 0 Å². The lowest BCUT2D eigenvalue weighted by Gasteiger charge is -2.12. The Labute approximate surface area is 163 Å². The van der Waals surface area contributed by atoms with Crippen LogP contribution < -0.4 is 4.18 Å². The number of phenols is 1. The standard InChI is InChI=1S/C13H9I3O4S/c1-7-2-5-11(10(16)6-7)21(18,19)20-13-9(15)4-3-8(14)12(13)17/h2-6,17H,1H3. The largest absolute Gasteiger partial charge is 0.503 e. The first-order chi connectivity index (χ1) is 9.72. The van der Waals surface area contributed by atoms with Crippen LogP contribution in [0.15, 0.2) is 35.2 Å². The number of phenolic OH excluding ortho intramolecular Hbond substituents is 1. The lowest BCUT2D eigenvalue weighted by atomic mass is 10.2. The number of aromatic hydroxyl groups is 1. The Kier molecular flexibility index (Phi) is 5.63. The molecule has 1 N–H and O–H groups in total. The SMILES string of the molecule is Cc1ccc(S(=O)(=O)Oc2c(I)ccc(I)c2O)c(I)c1. The molecule has 21 heavy (non-hydrogen) atoms. The van der Waals surface area contributed by atoms with Crippen molar-refractivity contribution in [1.82, 2.24) is 0 Å². The van der Waals surface area contributed by atoms with E-state index in [-0.39, 0.29) is 16.4 Å². The van der Waals surface area contributed by atoms with Crippen molar-refractivity contribution in [2.24, 2.45) is 0 Å². The van der Waals surface area contributed by atoms with E-state index in [0.29, 0.717) is 10.7 Å². The van der Waals surface area contributed by atoms with Gasteiger partial charge in [0.25, 0.3) is 0 Å². The van der Waals surface area contributed by atoms with Crippen LogP contribution in [-0.4, -0.2) is 13.5 Å². The van der Waals surface area contributed by atoms with Crippen molar-refractivity contribution < 1.29 is 17.7 Å². The summed E-state index contributed by atoms with van der Waals surface area (Å²) >= 11 is 5.79. The number of hydrogen-bond acceptors (Lipinski definition) is 4. The van der Waals surface area contributed by atoms with E-state index >= 15 is 0 Å². The average Bonchev–Trinajstić information content (AvgIpc) is 2.39. The Morgan fingerprint density at radius 2 is 1.62 bits per heavy atom. The summed E-state index contributed by atoms with van der Waals surface area (Å²) in [6.45, 7) is 1.88. The first-order valence-corrected chi connectivity index (χ1v) is 10.2. The van der Waals surface area contributed by atoms with E-state index < -0.39 is 10.1 Å². The Bertz CT molecular complexity index is 803. The second-order valence-electron chi connectivity index (χ2n) is 4.18. The van der Waals surface area contributed by atoms with Crippen LogP contribution in [0.1, 0.15) is 5.56 Å². The van der Waals surface area contributed by atoms with Gasteiger partial charge in [0, 0.05) is 3.57 Å². The summed E-state index contributed by atoms with van der Waals surface area (Å²) in [5.41, 5.74) is 0.963. The number of rotatable bonds is 3. The van der Waals surface area contributed by atoms with Gasteiger partial charge in [-0.25, -0.2) is 0 Å². The monoisotopic (exact) mass is 642 g/mol. The van der Waals surface area contributed by atoms with E-state index in [9.17, 15) is 13.5 Å². The van der Waals surface area contributed by atoms with Gasteiger partial charge >= 0.3 is 10.1 Å². The molecular weight excluding hydrogens is 633 g/mol. The zero-order chi connectivity index (χ0) is 15.8. The van der Waals surface area contributed by atoms with Crippen LogP contribution in [0.3, 0.4) is 0 Å². The Balaban J connectivity index is 2.50. The van der Waals surface area contributed by atoms with E-state index in [1.807, 2.05) is 74.7 Å². The molecule has 4 nitrogen and oxygen atoms in total. The molecule has 0 radical (unpaired) electrons. The quantitative estimate of drug-likeness (QED) is 0.402. The third-order valence-corrected chi connectivity index (χ3v) is 6.84. The van der Waals surface area contributed by atoms with Crippen LogP contribution in [0.2, 0.25) is 0 Å². The van der Waals surface area contributed by atoms with Gasteiger partial charge in [0.05, 0.1) is 7.14 Å². The summed E-state index contributed by atoms with van der Waals surface area (Å²) in [7, 11) is -4.00. The maximum atomic E-state index is 12.4. The fourth-order valence-electron chi connectivity index (χ4n) is 1.57. The van der Waals surface area contributed by atoms with Gasteiger partial charge < -0.3 is 9.29 Å². The van der Waals surface area contributed by atoms with Crippen LogP contribution in [0.4, 0.5) is 0 Å². The summed E-state index contributed by atoms with van der Waals surface area (Å²) in [4.78, 5) is 0.0859. The summed E-state index contributed by atoms with van der Waals surface area (Å²) < 4.78 is 31.6. The van der Waals surface area contributed by atoms with Crippen LogP contribution in [0, 0.1) is 17.6 Å². The summed E-state index contributed by atoms with van der Waals surface area (Å²) in [6.07, 6.45) is 0. The minimum absolute atomic E-state index is 0.0427. The molecule has 0 unspecified atom stereocenters. The van der Waals surface area contributed by atoms with E-state index in [1.54, 1.807) is 24.3 Å². The molecule has 0 heterocycles. The Morgan fingerprint density at radius 3 is 2.24 bits per heavy atom. The highest BCUT2D eigenvalue weighted by atomic mass is 127. The maximum absolute atomic E-state index is 12.4. The van der Waals surface area contributed by atoms with Crippen LogP contribution >= 0.6 is 67.8 Å². The van der Waals surface area contributed by atoms with Crippen molar-refractivity contribution in [3.05, 3.63) is 46.6 Å². The molecule has 0 aliphatic heterocycles. The molecule has 2 aromatic rings. The molecule has 8 heteroatoms. The van der Waals surface area contributed by atoms with Crippen LogP contribution in [0.5, 0.6) is 11.5 Å². The first kappa shape index (κ1) is 17.5. The molecule has 2 rings (SSSR count). The third-order valence-electron chi connectivity index (χ3n) is 2.58. The van der Waals surface area contributed by atoms with Gasteiger partial charge in [0.1, 0.15) is 4.90 Å². The van der Waals surface area contributed by atoms with Crippen molar-refractivity contribution in [3.8, 4) is 11.5 Å². The molecule has 112 valence electrons. The second-order valence-corrected chi connectivity index (χ2v) is 9.18. The number of hydrogen-bond donors (Lipinski definition) is 1. The normalized spacial score (nSPS) is 11.4. The summed E-state index contributed by atoms with van der Waals surface area (Å²) in [5, 5.41) is 10.00. The van der Waals surface area contributed by atoms with Crippen molar-refractivity contribution in [2.75, 3.05) is 0 Å². The molecule has 0 aromatic heterocycles. The minimum Gasteiger partial charge on any atom is -0.503 e. The zero-order valence-corrected chi connectivity index (χ0v) is 17.9. The fourth-order valence-corrected chi connectivity index (χ4v) is 5.17. The molecule has 0 fully saturated rings. The van der Waals surface area contributed by atoms with Gasteiger partial charge in [-0.1, -0.05) is 6.07 Å². The van der Waals surface area contributed by atoms with Crippen molar-refractivity contribution in [3.63, 3.8) is 0 Å². The first-order valence-electron chi connectivity index (χ1n) is 5.60. The number of aryl methyl sites for hydroxylation is 1. The van der Waals surface area contributed by atoms with Gasteiger partial charge in [-0.15, -0.1) is 0 Å². The molecular formula is C13H9I3O4S. The number of halogens is 3. The third kappa shape index (κ3) is 3.93. The molecule has 0 aliphatic rings. The van der Waals surface area contributed by atoms with Crippen molar-refractivity contribution in [2.45, 2.75) is 11.8 Å².